The number of unbranched alkanes of at least 4 members (excludes halogenated alkanes) is 1. The maximum absolute atomic E-state index is 12.1. The van der Waals surface area contributed by atoms with Gasteiger partial charge in [-0.3, -0.25) is 0 Å². The van der Waals surface area contributed by atoms with E-state index in [1.165, 1.54) is 0 Å². The van der Waals surface area contributed by atoms with Crippen LogP contribution >= 0.6 is 15.9 Å². The Kier molecular flexibility index (Phi) is 5.66. The van der Waals surface area contributed by atoms with Crippen LogP contribution in [0.5, 0.6) is 5.75 Å². The highest BCUT2D eigenvalue weighted by molar-refractivity contribution is 9.10. The second-order valence-corrected chi connectivity index (χ2v) is 6.44. The second kappa shape index (κ2) is 8.12. The molecule has 0 saturated heterocycles. The molecule has 0 N–H and O–H groups in total. The molecule has 1 heterocycles. The van der Waals surface area contributed by atoms with E-state index < -0.39 is 5.97 Å². The fraction of sp³-hybridized carbons (Fsp3) is 0.200. The smallest absolute Gasteiger partial charge is 0.363 e. The van der Waals surface area contributed by atoms with Crippen molar-refractivity contribution in [1.29, 1.82) is 0 Å². The number of carbonyl (C=O) groups excluding carboxylic acids is 1. The third-order valence-corrected chi connectivity index (χ3v) is 4.34. The first-order chi connectivity index (χ1) is 12.2. The van der Waals surface area contributed by atoms with Crippen LogP contribution in [0.15, 0.2) is 63.7 Å². The fourth-order valence-corrected chi connectivity index (χ4v) is 2.80. The van der Waals surface area contributed by atoms with Gasteiger partial charge in [0.1, 0.15) is 5.75 Å². The molecule has 0 aliphatic carbocycles. The van der Waals surface area contributed by atoms with Gasteiger partial charge in [0.25, 0.3) is 0 Å². The molecule has 0 aromatic heterocycles. The van der Waals surface area contributed by atoms with Crippen molar-refractivity contribution < 1.29 is 14.3 Å². The van der Waals surface area contributed by atoms with Crippen LogP contribution in [0.25, 0.3) is 6.08 Å². The maximum Gasteiger partial charge on any atom is 0.363 e. The Balaban J connectivity index is 1.82. The van der Waals surface area contributed by atoms with Crippen molar-refractivity contribution in [2.75, 3.05) is 6.61 Å². The van der Waals surface area contributed by atoms with Crippen molar-refractivity contribution in [2.45, 2.75) is 19.8 Å². The average molecular weight is 400 g/mol. The second-order valence-electron chi connectivity index (χ2n) is 5.59. The average Bonchev–Trinajstić information content (AvgIpc) is 2.96. The van der Waals surface area contributed by atoms with Crippen molar-refractivity contribution in [3.8, 4) is 5.75 Å². The van der Waals surface area contributed by atoms with E-state index in [2.05, 4.69) is 27.8 Å². The Bertz CT molecular complexity index is 842. The van der Waals surface area contributed by atoms with E-state index in [-0.39, 0.29) is 5.70 Å². The van der Waals surface area contributed by atoms with Crippen molar-refractivity contribution >= 4 is 33.9 Å². The zero-order valence-corrected chi connectivity index (χ0v) is 15.5. The summed E-state index contributed by atoms with van der Waals surface area (Å²) in [7, 11) is 0. The Morgan fingerprint density at radius 1 is 1.20 bits per heavy atom. The van der Waals surface area contributed by atoms with Gasteiger partial charge in [-0.2, -0.15) is 0 Å². The Labute approximate surface area is 155 Å². The minimum atomic E-state index is -0.456. The minimum absolute atomic E-state index is 0.275. The van der Waals surface area contributed by atoms with Gasteiger partial charge >= 0.3 is 5.97 Å². The predicted molar refractivity (Wildman–Crippen MR) is 102 cm³/mol. The lowest BCUT2D eigenvalue weighted by Crippen LogP contribution is -2.05. The third kappa shape index (κ3) is 4.37. The first-order valence-corrected chi connectivity index (χ1v) is 8.97. The summed E-state index contributed by atoms with van der Waals surface area (Å²) in [5, 5.41) is 0. The van der Waals surface area contributed by atoms with Gasteiger partial charge in [0, 0.05) is 4.47 Å². The van der Waals surface area contributed by atoms with Gasteiger partial charge < -0.3 is 9.47 Å². The molecule has 1 aliphatic heterocycles. The molecule has 2 aromatic carbocycles. The summed E-state index contributed by atoms with van der Waals surface area (Å²) < 4.78 is 11.8. The standard InChI is InChI=1S/C20H18BrNO3/c1-2-3-11-24-15-8-6-7-14(12-15)13-18-20(23)25-19(22-18)16-9-4-5-10-17(16)21/h4-10,12-13H,2-3,11H2,1H3/b18-13-. The van der Waals surface area contributed by atoms with E-state index >= 15 is 0 Å². The quantitative estimate of drug-likeness (QED) is 0.391. The number of esters is 1. The summed E-state index contributed by atoms with van der Waals surface area (Å²) in [4.78, 5) is 16.5. The SMILES string of the molecule is CCCCOc1cccc(/C=C2\N=C(c3ccccc3Br)OC2=O)c1. The monoisotopic (exact) mass is 399 g/mol. The molecular weight excluding hydrogens is 382 g/mol. The summed E-state index contributed by atoms with van der Waals surface area (Å²) in [6, 6.07) is 15.1. The molecule has 0 fully saturated rings. The zero-order chi connectivity index (χ0) is 17.6. The van der Waals surface area contributed by atoms with Crippen LogP contribution in [0.1, 0.15) is 30.9 Å². The normalized spacial score (nSPS) is 15.2. The lowest BCUT2D eigenvalue weighted by molar-refractivity contribution is -0.129. The van der Waals surface area contributed by atoms with E-state index in [9.17, 15) is 4.79 Å². The summed E-state index contributed by atoms with van der Waals surface area (Å²) >= 11 is 3.44. The van der Waals surface area contributed by atoms with Gasteiger partial charge in [0.15, 0.2) is 5.70 Å². The van der Waals surface area contributed by atoms with Gasteiger partial charge in [-0.1, -0.05) is 37.6 Å². The van der Waals surface area contributed by atoms with Crippen molar-refractivity contribution in [3.63, 3.8) is 0 Å². The topological polar surface area (TPSA) is 47.9 Å². The number of rotatable bonds is 6. The lowest BCUT2D eigenvalue weighted by atomic mass is 10.2. The van der Waals surface area contributed by atoms with Crippen LogP contribution in [0.4, 0.5) is 0 Å². The fourth-order valence-electron chi connectivity index (χ4n) is 2.35. The maximum atomic E-state index is 12.1. The minimum Gasteiger partial charge on any atom is -0.494 e. The zero-order valence-electron chi connectivity index (χ0n) is 13.9. The number of carbonyl (C=O) groups is 1. The molecule has 2 aromatic rings. The number of hydrogen-bond acceptors (Lipinski definition) is 4. The van der Waals surface area contributed by atoms with E-state index in [1.807, 2.05) is 48.5 Å². The summed E-state index contributed by atoms with van der Waals surface area (Å²) in [5.41, 5.74) is 1.87. The molecule has 0 unspecified atom stereocenters. The van der Waals surface area contributed by atoms with Crippen LogP contribution in [0.3, 0.4) is 0 Å². The molecule has 25 heavy (non-hydrogen) atoms. The van der Waals surface area contributed by atoms with E-state index in [1.54, 1.807) is 6.08 Å². The molecular formula is C20H18BrNO3. The van der Waals surface area contributed by atoms with E-state index in [4.69, 9.17) is 9.47 Å². The highest BCUT2D eigenvalue weighted by atomic mass is 79.9. The van der Waals surface area contributed by atoms with Crippen LogP contribution in [0, 0.1) is 0 Å². The highest BCUT2D eigenvalue weighted by Gasteiger charge is 2.25. The molecule has 4 nitrogen and oxygen atoms in total. The molecule has 0 radical (unpaired) electrons. The number of nitrogens with zero attached hydrogens (tertiary/aromatic N) is 1. The Morgan fingerprint density at radius 3 is 2.84 bits per heavy atom. The first kappa shape index (κ1) is 17.4. The molecule has 0 saturated carbocycles. The first-order valence-electron chi connectivity index (χ1n) is 8.17. The van der Waals surface area contributed by atoms with Gasteiger partial charge in [-0.05, 0) is 58.3 Å². The van der Waals surface area contributed by atoms with Crippen LogP contribution in [0.2, 0.25) is 0 Å². The molecule has 5 heteroatoms. The summed E-state index contributed by atoms with van der Waals surface area (Å²) in [5.74, 6) is 0.631. The van der Waals surface area contributed by atoms with Gasteiger partial charge in [-0.25, -0.2) is 9.79 Å². The summed E-state index contributed by atoms with van der Waals surface area (Å²) in [6.45, 7) is 2.81. The molecule has 1 aliphatic rings. The number of halogens is 1. The van der Waals surface area contributed by atoms with Crippen LogP contribution in [-0.4, -0.2) is 18.5 Å². The van der Waals surface area contributed by atoms with Crippen LogP contribution < -0.4 is 4.74 Å². The number of cyclic esters (lactones) is 1. The molecule has 0 spiro atoms. The molecule has 0 bridgehead atoms. The number of ether oxygens (including phenoxy) is 2. The number of benzene rings is 2. The predicted octanol–water partition coefficient (Wildman–Crippen LogP) is 4.97. The van der Waals surface area contributed by atoms with Gasteiger partial charge in [0.2, 0.25) is 5.90 Å². The molecule has 128 valence electrons. The molecule has 0 amide bonds. The largest absolute Gasteiger partial charge is 0.494 e. The Morgan fingerprint density at radius 2 is 2.04 bits per heavy atom. The number of hydrogen-bond donors (Lipinski definition) is 0. The number of aliphatic imine (C=N–C) groups is 1. The third-order valence-electron chi connectivity index (χ3n) is 3.65. The van der Waals surface area contributed by atoms with Crippen LogP contribution in [-0.2, 0) is 9.53 Å². The highest BCUT2D eigenvalue weighted by Crippen LogP contribution is 2.24. The van der Waals surface area contributed by atoms with Crippen molar-refractivity contribution in [2.24, 2.45) is 4.99 Å². The van der Waals surface area contributed by atoms with Crippen molar-refractivity contribution in [1.82, 2.24) is 0 Å². The van der Waals surface area contributed by atoms with Gasteiger partial charge in [-0.15, -0.1) is 0 Å². The van der Waals surface area contributed by atoms with E-state index in [0.717, 1.165) is 34.2 Å². The molecule has 3 rings (SSSR count). The van der Waals surface area contributed by atoms with E-state index in [0.29, 0.717) is 12.5 Å². The summed E-state index contributed by atoms with van der Waals surface area (Å²) in [6.07, 6.45) is 3.80. The Hall–Kier alpha value is -2.40. The van der Waals surface area contributed by atoms with Crippen molar-refractivity contribution in [3.05, 3.63) is 69.8 Å². The molecule has 0 atom stereocenters. The van der Waals surface area contributed by atoms with Gasteiger partial charge in [0.05, 0.1) is 12.2 Å². The lowest BCUT2D eigenvalue weighted by Gasteiger charge is -2.05.